The standard InChI is InChI=1S/C13H22O/c1-5-6-9-10-7-8-13(4,11(9)14)12(10,2)3/h5,9-11,14H,1,6-8H2,2-4H3/t9-,10+,11-,13-/m0/s1. The predicted molar refractivity (Wildman–Crippen MR) is 58.9 cm³/mol. The summed E-state index contributed by atoms with van der Waals surface area (Å²) in [6.07, 6.45) is 5.31. The zero-order valence-corrected chi connectivity index (χ0v) is 9.59. The third kappa shape index (κ3) is 0.942. The molecule has 2 aliphatic carbocycles. The van der Waals surface area contributed by atoms with E-state index >= 15 is 0 Å². The summed E-state index contributed by atoms with van der Waals surface area (Å²) >= 11 is 0. The van der Waals surface area contributed by atoms with E-state index in [1.54, 1.807) is 0 Å². The Morgan fingerprint density at radius 3 is 2.50 bits per heavy atom. The van der Waals surface area contributed by atoms with Crippen molar-refractivity contribution in [2.24, 2.45) is 22.7 Å². The summed E-state index contributed by atoms with van der Waals surface area (Å²) in [6.45, 7) is 10.7. The molecule has 0 radical (unpaired) electrons. The molecule has 0 aliphatic heterocycles. The van der Waals surface area contributed by atoms with Crippen LogP contribution in [0.15, 0.2) is 12.7 Å². The van der Waals surface area contributed by atoms with E-state index in [9.17, 15) is 5.11 Å². The molecule has 2 aliphatic rings. The molecule has 14 heavy (non-hydrogen) atoms. The van der Waals surface area contributed by atoms with Gasteiger partial charge in [-0.05, 0) is 41.9 Å². The van der Waals surface area contributed by atoms with Crippen molar-refractivity contribution in [3.8, 4) is 0 Å². The van der Waals surface area contributed by atoms with Gasteiger partial charge in [-0.1, -0.05) is 26.8 Å². The lowest BCUT2D eigenvalue weighted by molar-refractivity contribution is -0.00957. The molecular weight excluding hydrogens is 172 g/mol. The van der Waals surface area contributed by atoms with Crippen LogP contribution in [0.5, 0.6) is 0 Å². The lowest BCUT2D eigenvalue weighted by Crippen LogP contribution is -2.37. The van der Waals surface area contributed by atoms with Crippen LogP contribution in [0.4, 0.5) is 0 Å². The molecule has 4 atom stereocenters. The minimum atomic E-state index is -0.116. The highest BCUT2D eigenvalue weighted by Crippen LogP contribution is 2.68. The van der Waals surface area contributed by atoms with Crippen LogP contribution in [0.25, 0.3) is 0 Å². The third-order valence-corrected chi connectivity index (χ3v) is 5.39. The summed E-state index contributed by atoms with van der Waals surface area (Å²) < 4.78 is 0. The SMILES string of the molecule is C=CC[C@H]1[C@H]2CC[C@@](C)([C@H]1O)C2(C)C. The molecular formula is C13H22O. The van der Waals surface area contributed by atoms with Gasteiger partial charge in [0.1, 0.15) is 0 Å². The van der Waals surface area contributed by atoms with Crippen molar-refractivity contribution in [1.29, 1.82) is 0 Å². The maximum Gasteiger partial charge on any atom is 0.0632 e. The van der Waals surface area contributed by atoms with Crippen LogP contribution in [-0.2, 0) is 0 Å². The van der Waals surface area contributed by atoms with Crippen molar-refractivity contribution < 1.29 is 5.11 Å². The van der Waals surface area contributed by atoms with E-state index in [0.29, 0.717) is 17.3 Å². The lowest BCUT2D eigenvalue weighted by Gasteiger charge is -2.37. The highest BCUT2D eigenvalue weighted by molar-refractivity contribution is 5.14. The Morgan fingerprint density at radius 2 is 2.07 bits per heavy atom. The van der Waals surface area contributed by atoms with Gasteiger partial charge in [-0.15, -0.1) is 6.58 Å². The zero-order valence-electron chi connectivity index (χ0n) is 9.59. The van der Waals surface area contributed by atoms with Gasteiger partial charge in [-0.2, -0.15) is 0 Å². The second-order valence-electron chi connectivity index (χ2n) is 5.92. The molecule has 0 aromatic rings. The summed E-state index contributed by atoms with van der Waals surface area (Å²) in [5.74, 6) is 1.15. The highest BCUT2D eigenvalue weighted by atomic mass is 16.3. The van der Waals surface area contributed by atoms with Crippen molar-refractivity contribution in [2.45, 2.75) is 46.1 Å². The normalized spacial score (nSPS) is 49.6. The lowest BCUT2D eigenvalue weighted by atomic mass is 9.70. The second-order valence-corrected chi connectivity index (χ2v) is 5.92. The van der Waals surface area contributed by atoms with Crippen molar-refractivity contribution in [2.75, 3.05) is 0 Å². The minimum absolute atomic E-state index is 0.116. The Bertz CT molecular complexity index is 256. The first kappa shape index (κ1) is 10.2. The summed E-state index contributed by atoms with van der Waals surface area (Å²) in [4.78, 5) is 0. The number of rotatable bonds is 2. The number of hydrogen-bond donors (Lipinski definition) is 1. The Kier molecular flexibility index (Phi) is 2.08. The Morgan fingerprint density at radius 1 is 1.43 bits per heavy atom. The molecule has 1 heteroatoms. The van der Waals surface area contributed by atoms with Gasteiger partial charge < -0.3 is 5.11 Å². The van der Waals surface area contributed by atoms with Gasteiger partial charge in [0.25, 0.3) is 0 Å². The van der Waals surface area contributed by atoms with Crippen molar-refractivity contribution >= 4 is 0 Å². The van der Waals surface area contributed by atoms with E-state index < -0.39 is 0 Å². The Labute approximate surface area is 87.2 Å². The van der Waals surface area contributed by atoms with Gasteiger partial charge in [-0.3, -0.25) is 0 Å². The first-order valence-electron chi connectivity index (χ1n) is 5.74. The van der Waals surface area contributed by atoms with E-state index in [0.717, 1.165) is 6.42 Å². The number of allylic oxidation sites excluding steroid dienone is 1. The maximum atomic E-state index is 10.4. The third-order valence-electron chi connectivity index (χ3n) is 5.39. The summed E-state index contributed by atoms with van der Waals surface area (Å²) in [7, 11) is 0. The monoisotopic (exact) mass is 194 g/mol. The summed E-state index contributed by atoms with van der Waals surface area (Å²) in [5.41, 5.74) is 0.450. The van der Waals surface area contributed by atoms with Crippen LogP contribution in [0.3, 0.4) is 0 Å². The highest BCUT2D eigenvalue weighted by Gasteiger charge is 2.65. The number of aliphatic hydroxyl groups excluding tert-OH is 1. The van der Waals surface area contributed by atoms with Crippen LogP contribution in [-0.4, -0.2) is 11.2 Å². The molecule has 0 aromatic heterocycles. The van der Waals surface area contributed by atoms with E-state index in [1.165, 1.54) is 12.8 Å². The van der Waals surface area contributed by atoms with E-state index in [4.69, 9.17) is 0 Å². The van der Waals surface area contributed by atoms with Crippen LogP contribution < -0.4 is 0 Å². The van der Waals surface area contributed by atoms with Gasteiger partial charge >= 0.3 is 0 Å². The van der Waals surface area contributed by atoms with Crippen molar-refractivity contribution in [1.82, 2.24) is 0 Å². The molecule has 0 amide bonds. The topological polar surface area (TPSA) is 20.2 Å². The number of fused-ring (bicyclic) bond motifs is 2. The molecule has 2 bridgehead atoms. The van der Waals surface area contributed by atoms with Crippen LogP contribution in [0.2, 0.25) is 0 Å². The first-order valence-corrected chi connectivity index (χ1v) is 5.74. The summed E-state index contributed by atoms with van der Waals surface area (Å²) in [5, 5.41) is 10.4. The van der Waals surface area contributed by atoms with Gasteiger partial charge in [0.05, 0.1) is 6.10 Å². The van der Waals surface area contributed by atoms with Gasteiger partial charge in [0.15, 0.2) is 0 Å². The molecule has 80 valence electrons. The van der Waals surface area contributed by atoms with Crippen LogP contribution in [0, 0.1) is 22.7 Å². The molecule has 0 saturated heterocycles. The van der Waals surface area contributed by atoms with Gasteiger partial charge in [-0.25, -0.2) is 0 Å². The van der Waals surface area contributed by atoms with Gasteiger partial charge in [0.2, 0.25) is 0 Å². The number of aliphatic hydroxyl groups is 1. The average Bonchev–Trinajstić information content (AvgIpc) is 2.41. The predicted octanol–water partition coefficient (Wildman–Crippen LogP) is 3.00. The Balaban J connectivity index is 2.33. The Hall–Kier alpha value is -0.300. The zero-order chi connectivity index (χ0) is 10.6. The van der Waals surface area contributed by atoms with E-state index in [2.05, 4.69) is 27.4 Å². The smallest absolute Gasteiger partial charge is 0.0632 e. The summed E-state index contributed by atoms with van der Waals surface area (Å²) in [6, 6.07) is 0. The van der Waals surface area contributed by atoms with Crippen LogP contribution >= 0.6 is 0 Å². The fourth-order valence-electron chi connectivity index (χ4n) is 4.02. The van der Waals surface area contributed by atoms with Gasteiger partial charge in [0, 0.05) is 0 Å². The van der Waals surface area contributed by atoms with E-state index in [-0.39, 0.29) is 11.5 Å². The largest absolute Gasteiger partial charge is 0.392 e. The molecule has 0 unspecified atom stereocenters. The first-order chi connectivity index (χ1) is 6.45. The molecule has 0 aromatic carbocycles. The number of hydrogen-bond acceptors (Lipinski definition) is 1. The molecule has 2 fully saturated rings. The molecule has 2 saturated carbocycles. The fourth-order valence-corrected chi connectivity index (χ4v) is 4.02. The molecule has 1 N–H and O–H groups in total. The quantitative estimate of drug-likeness (QED) is 0.670. The minimum Gasteiger partial charge on any atom is -0.392 e. The van der Waals surface area contributed by atoms with Crippen LogP contribution in [0.1, 0.15) is 40.0 Å². The van der Waals surface area contributed by atoms with Crippen molar-refractivity contribution in [3.05, 3.63) is 12.7 Å². The molecule has 2 rings (SSSR count). The maximum absolute atomic E-state index is 10.4. The fraction of sp³-hybridized carbons (Fsp3) is 0.846. The van der Waals surface area contributed by atoms with E-state index in [1.807, 2.05) is 6.08 Å². The van der Waals surface area contributed by atoms with Crippen molar-refractivity contribution in [3.63, 3.8) is 0 Å². The second kappa shape index (κ2) is 2.85. The molecule has 1 nitrogen and oxygen atoms in total. The average molecular weight is 194 g/mol. The molecule has 0 spiro atoms. The molecule has 0 heterocycles.